The predicted molar refractivity (Wildman–Crippen MR) is 55.3 cm³/mol. The Kier molecular flexibility index (Phi) is 2.82. The first-order valence-electron chi connectivity index (χ1n) is 4.19. The number of hydrogen-bond donors (Lipinski definition) is 1. The van der Waals surface area contributed by atoms with Gasteiger partial charge in [-0.25, -0.2) is 0 Å². The van der Waals surface area contributed by atoms with Crippen LogP contribution in [-0.4, -0.2) is 14.9 Å². The number of hydrogen-bond acceptors (Lipinski definition) is 2. The monoisotopic (exact) mass is 246 g/mol. The van der Waals surface area contributed by atoms with Crippen molar-refractivity contribution in [2.24, 2.45) is 12.5 Å². The summed E-state index contributed by atoms with van der Waals surface area (Å²) in [5, 5.41) is 14.1. The molecule has 0 aliphatic rings. The van der Waals surface area contributed by atoms with Crippen LogP contribution in [0.15, 0.2) is 10.7 Å². The number of aryl methyl sites for hydroxylation is 1. The molecule has 4 heteroatoms. The lowest BCUT2D eigenvalue weighted by molar-refractivity contribution is 0.0549. The molecule has 0 aliphatic heterocycles. The Morgan fingerprint density at radius 3 is 2.38 bits per heavy atom. The van der Waals surface area contributed by atoms with Crippen LogP contribution >= 0.6 is 15.9 Å². The van der Waals surface area contributed by atoms with Gasteiger partial charge in [-0.1, -0.05) is 20.8 Å². The van der Waals surface area contributed by atoms with Crippen LogP contribution in [0.3, 0.4) is 0 Å². The molecule has 1 aromatic rings. The van der Waals surface area contributed by atoms with Gasteiger partial charge >= 0.3 is 0 Å². The van der Waals surface area contributed by atoms with Gasteiger partial charge in [0.05, 0.1) is 16.4 Å². The minimum absolute atomic E-state index is 0.170. The molecule has 0 radical (unpaired) electrons. The molecule has 74 valence electrons. The normalized spacial score (nSPS) is 14.6. The van der Waals surface area contributed by atoms with E-state index in [2.05, 4.69) is 21.0 Å². The van der Waals surface area contributed by atoms with Crippen LogP contribution in [0.2, 0.25) is 0 Å². The number of rotatable bonds is 1. The van der Waals surface area contributed by atoms with E-state index in [4.69, 9.17) is 0 Å². The molecule has 1 aromatic heterocycles. The fraction of sp³-hybridized carbons (Fsp3) is 0.667. The molecule has 0 amide bonds. The summed E-state index contributed by atoms with van der Waals surface area (Å²) in [6, 6.07) is 0. The van der Waals surface area contributed by atoms with Gasteiger partial charge in [-0.3, -0.25) is 4.68 Å². The molecule has 0 aliphatic carbocycles. The lowest BCUT2D eigenvalue weighted by Gasteiger charge is -2.26. The maximum Gasteiger partial charge on any atom is 0.102 e. The number of halogens is 1. The quantitative estimate of drug-likeness (QED) is 0.826. The highest BCUT2D eigenvalue weighted by Gasteiger charge is 2.28. The van der Waals surface area contributed by atoms with E-state index >= 15 is 0 Å². The molecule has 0 spiro atoms. The summed E-state index contributed by atoms with van der Waals surface area (Å²) in [6.45, 7) is 5.99. The third-order valence-electron chi connectivity index (χ3n) is 2.02. The molecular weight excluding hydrogens is 232 g/mol. The molecule has 1 heterocycles. The Morgan fingerprint density at radius 1 is 1.54 bits per heavy atom. The highest BCUT2D eigenvalue weighted by Crippen LogP contribution is 2.35. The SMILES string of the molecule is Cn1ncc(Br)c1C(O)C(C)(C)C. The van der Waals surface area contributed by atoms with Gasteiger partial charge in [-0.15, -0.1) is 0 Å². The van der Waals surface area contributed by atoms with E-state index < -0.39 is 6.10 Å². The second-order valence-electron chi connectivity index (χ2n) is 4.27. The van der Waals surface area contributed by atoms with Crippen molar-refractivity contribution in [1.29, 1.82) is 0 Å². The summed E-state index contributed by atoms with van der Waals surface area (Å²) >= 11 is 3.37. The first-order valence-corrected chi connectivity index (χ1v) is 4.99. The number of nitrogens with zero attached hydrogens (tertiary/aromatic N) is 2. The molecular formula is C9H15BrN2O. The van der Waals surface area contributed by atoms with Crippen molar-refractivity contribution in [3.8, 4) is 0 Å². The molecule has 0 saturated carbocycles. The van der Waals surface area contributed by atoms with Crippen molar-refractivity contribution >= 4 is 15.9 Å². The lowest BCUT2D eigenvalue weighted by atomic mass is 9.87. The Balaban J connectivity index is 3.08. The fourth-order valence-electron chi connectivity index (χ4n) is 1.14. The molecule has 1 N–H and O–H groups in total. The molecule has 0 aromatic carbocycles. The zero-order valence-electron chi connectivity index (χ0n) is 8.37. The maximum absolute atomic E-state index is 10.0. The fourth-order valence-corrected chi connectivity index (χ4v) is 1.70. The predicted octanol–water partition coefficient (Wildman–Crippen LogP) is 2.26. The highest BCUT2D eigenvalue weighted by atomic mass is 79.9. The molecule has 13 heavy (non-hydrogen) atoms. The van der Waals surface area contributed by atoms with E-state index in [-0.39, 0.29) is 5.41 Å². The molecule has 0 bridgehead atoms. The van der Waals surface area contributed by atoms with Crippen LogP contribution in [0.25, 0.3) is 0 Å². The van der Waals surface area contributed by atoms with Crippen LogP contribution < -0.4 is 0 Å². The van der Waals surface area contributed by atoms with Gasteiger partial charge in [0.15, 0.2) is 0 Å². The Bertz CT molecular complexity index is 282. The average molecular weight is 247 g/mol. The van der Waals surface area contributed by atoms with E-state index in [1.165, 1.54) is 0 Å². The van der Waals surface area contributed by atoms with Crippen LogP contribution in [0, 0.1) is 5.41 Å². The smallest absolute Gasteiger partial charge is 0.102 e. The molecule has 1 atom stereocenters. The Labute approximate surface area is 86.9 Å². The van der Waals surface area contributed by atoms with Crippen LogP contribution in [-0.2, 0) is 7.05 Å². The summed E-state index contributed by atoms with van der Waals surface area (Å²) in [4.78, 5) is 0. The van der Waals surface area contributed by atoms with Gasteiger partial charge in [0.25, 0.3) is 0 Å². The summed E-state index contributed by atoms with van der Waals surface area (Å²) in [5.74, 6) is 0. The minimum Gasteiger partial charge on any atom is -0.386 e. The third-order valence-corrected chi connectivity index (χ3v) is 2.63. The summed E-state index contributed by atoms with van der Waals surface area (Å²) in [5.41, 5.74) is 0.656. The minimum atomic E-state index is -0.505. The van der Waals surface area contributed by atoms with E-state index in [1.54, 1.807) is 10.9 Å². The van der Waals surface area contributed by atoms with Gasteiger partial charge < -0.3 is 5.11 Å². The zero-order valence-corrected chi connectivity index (χ0v) is 9.96. The van der Waals surface area contributed by atoms with Crippen molar-refractivity contribution in [2.45, 2.75) is 26.9 Å². The summed E-state index contributed by atoms with van der Waals surface area (Å²) < 4.78 is 2.55. The first kappa shape index (κ1) is 10.7. The standard InChI is InChI=1S/C9H15BrN2O/c1-9(2,3)8(13)7-6(10)5-11-12(7)4/h5,8,13H,1-4H3. The topological polar surface area (TPSA) is 38.0 Å². The van der Waals surface area contributed by atoms with Crippen molar-refractivity contribution in [3.05, 3.63) is 16.4 Å². The van der Waals surface area contributed by atoms with Crippen molar-refractivity contribution in [2.75, 3.05) is 0 Å². The molecule has 1 rings (SSSR count). The largest absolute Gasteiger partial charge is 0.386 e. The molecule has 3 nitrogen and oxygen atoms in total. The Hall–Kier alpha value is -0.350. The van der Waals surface area contributed by atoms with Crippen LogP contribution in [0.1, 0.15) is 32.6 Å². The van der Waals surface area contributed by atoms with E-state index in [0.29, 0.717) is 0 Å². The second-order valence-corrected chi connectivity index (χ2v) is 5.12. The van der Waals surface area contributed by atoms with E-state index in [0.717, 1.165) is 10.2 Å². The first-order chi connectivity index (χ1) is 5.84. The van der Waals surface area contributed by atoms with E-state index in [1.807, 2.05) is 27.8 Å². The lowest BCUT2D eigenvalue weighted by Crippen LogP contribution is -2.20. The molecule has 1 unspecified atom stereocenters. The maximum atomic E-state index is 10.0. The third kappa shape index (κ3) is 2.11. The summed E-state index contributed by atoms with van der Waals surface area (Å²) in [7, 11) is 1.83. The Morgan fingerprint density at radius 2 is 2.08 bits per heavy atom. The van der Waals surface area contributed by atoms with Gasteiger partial charge in [-0.05, 0) is 21.3 Å². The number of aliphatic hydroxyl groups is 1. The number of aromatic nitrogens is 2. The second kappa shape index (κ2) is 3.42. The van der Waals surface area contributed by atoms with Crippen molar-refractivity contribution in [3.63, 3.8) is 0 Å². The van der Waals surface area contributed by atoms with Gasteiger partial charge in [0.1, 0.15) is 6.10 Å². The molecule has 0 fully saturated rings. The van der Waals surface area contributed by atoms with Gasteiger partial charge in [0, 0.05) is 7.05 Å². The molecule has 0 saturated heterocycles. The summed E-state index contributed by atoms with van der Waals surface area (Å²) in [6.07, 6.45) is 1.19. The van der Waals surface area contributed by atoms with Gasteiger partial charge in [-0.2, -0.15) is 5.10 Å². The number of aliphatic hydroxyl groups excluding tert-OH is 1. The van der Waals surface area contributed by atoms with Crippen molar-refractivity contribution in [1.82, 2.24) is 9.78 Å². The van der Waals surface area contributed by atoms with Crippen molar-refractivity contribution < 1.29 is 5.11 Å². The average Bonchev–Trinajstić information content (AvgIpc) is 2.28. The van der Waals surface area contributed by atoms with Crippen LogP contribution in [0.4, 0.5) is 0 Å². The highest BCUT2D eigenvalue weighted by molar-refractivity contribution is 9.10. The van der Waals surface area contributed by atoms with Crippen LogP contribution in [0.5, 0.6) is 0 Å². The van der Waals surface area contributed by atoms with Gasteiger partial charge in [0.2, 0.25) is 0 Å². The zero-order chi connectivity index (χ0) is 10.2. The van der Waals surface area contributed by atoms with E-state index in [9.17, 15) is 5.11 Å².